The standard InChI is InChI=1S/C16H18N2O2S3/c19-14(17-7-3-1-2-4-8-17)11-18-15(20)13(23-16(18)21)10-12-6-5-9-22-12/h5-6,9-10H,1-4,7-8,11H2. The van der Waals surface area contributed by atoms with Gasteiger partial charge < -0.3 is 4.90 Å². The first-order chi connectivity index (χ1) is 11.1. The lowest BCUT2D eigenvalue weighted by atomic mass is 10.2. The van der Waals surface area contributed by atoms with E-state index in [4.69, 9.17) is 12.2 Å². The summed E-state index contributed by atoms with van der Waals surface area (Å²) in [5.41, 5.74) is 0. The minimum absolute atomic E-state index is 0.000531. The average Bonchev–Trinajstić information content (AvgIpc) is 3.01. The van der Waals surface area contributed by atoms with Crippen molar-refractivity contribution in [1.29, 1.82) is 0 Å². The number of thiophene rings is 1. The van der Waals surface area contributed by atoms with Crippen LogP contribution in [-0.4, -0.2) is 45.6 Å². The van der Waals surface area contributed by atoms with E-state index in [0.717, 1.165) is 30.8 Å². The summed E-state index contributed by atoms with van der Waals surface area (Å²) in [4.78, 5) is 29.9. The van der Waals surface area contributed by atoms with Gasteiger partial charge in [0.15, 0.2) is 0 Å². The molecule has 0 aromatic carbocycles. The van der Waals surface area contributed by atoms with Gasteiger partial charge >= 0.3 is 0 Å². The molecule has 0 bridgehead atoms. The Balaban J connectivity index is 1.67. The second kappa shape index (κ2) is 7.59. The van der Waals surface area contributed by atoms with Gasteiger partial charge in [-0.15, -0.1) is 11.3 Å². The monoisotopic (exact) mass is 366 g/mol. The molecule has 1 aromatic rings. The first-order valence-corrected chi connectivity index (χ1v) is 9.82. The molecule has 2 fully saturated rings. The van der Waals surface area contributed by atoms with Crippen molar-refractivity contribution in [1.82, 2.24) is 9.80 Å². The molecule has 0 spiro atoms. The van der Waals surface area contributed by atoms with Crippen LogP contribution in [0, 0.1) is 0 Å². The van der Waals surface area contributed by atoms with Crippen LogP contribution >= 0.6 is 35.3 Å². The summed E-state index contributed by atoms with van der Waals surface area (Å²) >= 11 is 8.15. The zero-order valence-corrected chi connectivity index (χ0v) is 15.1. The SMILES string of the molecule is O=C(CN1C(=O)C(=Cc2cccs2)SC1=S)N1CCCCCC1. The summed E-state index contributed by atoms with van der Waals surface area (Å²) in [5, 5.41) is 1.97. The Labute approximate surface area is 149 Å². The largest absolute Gasteiger partial charge is 0.341 e. The summed E-state index contributed by atoms with van der Waals surface area (Å²) in [7, 11) is 0. The fourth-order valence-electron chi connectivity index (χ4n) is 2.69. The van der Waals surface area contributed by atoms with Crippen molar-refractivity contribution in [3.8, 4) is 0 Å². The van der Waals surface area contributed by atoms with E-state index in [0.29, 0.717) is 9.23 Å². The van der Waals surface area contributed by atoms with E-state index in [2.05, 4.69) is 0 Å². The van der Waals surface area contributed by atoms with Crippen molar-refractivity contribution in [2.75, 3.05) is 19.6 Å². The van der Waals surface area contributed by atoms with Crippen molar-refractivity contribution in [3.05, 3.63) is 27.3 Å². The molecule has 0 atom stereocenters. The first kappa shape index (κ1) is 16.7. The maximum atomic E-state index is 12.5. The molecular weight excluding hydrogens is 348 g/mol. The van der Waals surface area contributed by atoms with Crippen LogP contribution in [0.15, 0.2) is 22.4 Å². The second-order valence-electron chi connectivity index (χ2n) is 5.58. The smallest absolute Gasteiger partial charge is 0.266 e. The molecule has 2 aliphatic rings. The average molecular weight is 367 g/mol. The Kier molecular flexibility index (Phi) is 5.50. The number of hydrogen-bond acceptors (Lipinski definition) is 5. The maximum Gasteiger partial charge on any atom is 0.266 e. The Hall–Kier alpha value is -1.18. The van der Waals surface area contributed by atoms with Crippen LogP contribution in [-0.2, 0) is 9.59 Å². The van der Waals surface area contributed by atoms with Crippen LogP contribution in [0.3, 0.4) is 0 Å². The first-order valence-electron chi connectivity index (χ1n) is 7.72. The molecule has 7 heteroatoms. The number of carbonyl (C=O) groups excluding carboxylic acids is 2. The molecule has 1 aromatic heterocycles. The number of rotatable bonds is 3. The molecule has 3 heterocycles. The topological polar surface area (TPSA) is 40.6 Å². The number of likely N-dealkylation sites (tertiary alicyclic amines) is 1. The summed E-state index contributed by atoms with van der Waals surface area (Å²) < 4.78 is 0.473. The van der Waals surface area contributed by atoms with Crippen LogP contribution in [0.2, 0.25) is 0 Å². The zero-order chi connectivity index (χ0) is 16.2. The summed E-state index contributed by atoms with van der Waals surface area (Å²) in [6.45, 7) is 1.64. The maximum absolute atomic E-state index is 12.5. The molecule has 122 valence electrons. The second-order valence-corrected chi connectivity index (χ2v) is 8.23. The van der Waals surface area contributed by atoms with Gasteiger partial charge in [0.2, 0.25) is 5.91 Å². The third-order valence-corrected chi connectivity index (χ3v) is 6.14. The molecule has 3 rings (SSSR count). The predicted octanol–water partition coefficient (Wildman–Crippen LogP) is 3.35. The van der Waals surface area contributed by atoms with Crippen LogP contribution in [0.4, 0.5) is 0 Å². The van der Waals surface area contributed by atoms with Crippen LogP contribution in [0.1, 0.15) is 30.6 Å². The third-order valence-electron chi connectivity index (χ3n) is 3.94. The highest BCUT2D eigenvalue weighted by atomic mass is 32.2. The van der Waals surface area contributed by atoms with Gasteiger partial charge in [0.25, 0.3) is 5.91 Å². The number of hydrogen-bond donors (Lipinski definition) is 0. The van der Waals surface area contributed by atoms with Crippen LogP contribution in [0.5, 0.6) is 0 Å². The van der Waals surface area contributed by atoms with Crippen molar-refractivity contribution >= 4 is 57.5 Å². The van der Waals surface area contributed by atoms with Crippen molar-refractivity contribution in [2.45, 2.75) is 25.7 Å². The van der Waals surface area contributed by atoms with E-state index < -0.39 is 0 Å². The summed E-state index contributed by atoms with van der Waals surface area (Å²) in [6.07, 6.45) is 6.29. The van der Waals surface area contributed by atoms with Gasteiger partial charge in [-0.1, -0.05) is 42.9 Å². The molecule has 0 saturated carbocycles. The van der Waals surface area contributed by atoms with Crippen LogP contribution < -0.4 is 0 Å². The lowest BCUT2D eigenvalue weighted by Crippen LogP contribution is -2.42. The molecule has 0 aliphatic carbocycles. The van der Waals surface area contributed by atoms with Gasteiger partial charge in [-0.3, -0.25) is 14.5 Å². The summed E-state index contributed by atoms with van der Waals surface area (Å²) in [6, 6.07) is 3.90. The number of amides is 2. The summed E-state index contributed by atoms with van der Waals surface area (Å²) in [5.74, 6) is -0.155. The van der Waals surface area contributed by atoms with Gasteiger partial charge in [0, 0.05) is 18.0 Å². The quantitative estimate of drug-likeness (QED) is 0.608. The number of thiocarbonyl (C=S) groups is 1. The highest BCUT2D eigenvalue weighted by Crippen LogP contribution is 2.33. The zero-order valence-electron chi connectivity index (χ0n) is 12.7. The Morgan fingerprint density at radius 2 is 2.00 bits per heavy atom. The molecule has 0 N–H and O–H groups in total. The predicted molar refractivity (Wildman–Crippen MR) is 99.2 cm³/mol. The Morgan fingerprint density at radius 1 is 1.26 bits per heavy atom. The molecule has 2 aliphatic heterocycles. The number of thioether (sulfide) groups is 1. The lowest BCUT2D eigenvalue weighted by molar-refractivity contribution is -0.135. The lowest BCUT2D eigenvalue weighted by Gasteiger charge is -2.23. The molecule has 2 saturated heterocycles. The molecule has 2 amide bonds. The minimum Gasteiger partial charge on any atom is -0.341 e. The van der Waals surface area contributed by atoms with Crippen molar-refractivity contribution in [3.63, 3.8) is 0 Å². The number of carbonyl (C=O) groups is 2. The Morgan fingerprint density at radius 3 is 2.65 bits per heavy atom. The van der Waals surface area contributed by atoms with E-state index in [1.165, 1.54) is 29.5 Å². The fourth-order valence-corrected chi connectivity index (χ4v) is 4.67. The van der Waals surface area contributed by atoms with Gasteiger partial charge in [-0.2, -0.15) is 0 Å². The van der Waals surface area contributed by atoms with Crippen molar-refractivity contribution < 1.29 is 9.59 Å². The molecule has 23 heavy (non-hydrogen) atoms. The Bertz CT molecular complexity index is 632. The molecular formula is C16H18N2O2S3. The van der Waals surface area contributed by atoms with Gasteiger partial charge in [0.1, 0.15) is 10.9 Å². The van der Waals surface area contributed by atoms with E-state index in [1.807, 2.05) is 28.5 Å². The van der Waals surface area contributed by atoms with E-state index in [1.54, 1.807) is 11.3 Å². The van der Waals surface area contributed by atoms with E-state index >= 15 is 0 Å². The van der Waals surface area contributed by atoms with Crippen molar-refractivity contribution in [2.24, 2.45) is 0 Å². The van der Waals surface area contributed by atoms with E-state index in [9.17, 15) is 9.59 Å². The molecule has 0 radical (unpaired) electrons. The van der Waals surface area contributed by atoms with Gasteiger partial charge in [0.05, 0.1) is 4.91 Å². The van der Waals surface area contributed by atoms with Gasteiger partial charge in [-0.05, 0) is 30.4 Å². The highest BCUT2D eigenvalue weighted by molar-refractivity contribution is 8.26. The van der Waals surface area contributed by atoms with Gasteiger partial charge in [-0.25, -0.2) is 0 Å². The van der Waals surface area contributed by atoms with Crippen LogP contribution in [0.25, 0.3) is 6.08 Å². The normalized spacial score (nSPS) is 21.1. The fraction of sp³-hybridized carbons (Fsp3) is 0.438. The van der Waals surface area contributed by atoms with E-state index in [-0.39, 0.29) is 18.4 Å². The molecule has 0 unspecified atom stereocenters. The third kappa shape index (κ3) is 4.02. The number of nitrogens with zero attached hydrogens (tertiary/aromatic N) is 2. The highest BCUT2D eigenvalue weighted by Gasteiger charge is 2.34. The molecule has 4 nitrogen and oxygen atoms in total. The minimum atomic E-state index is -0.156.